The van der Waals surface area contributed by atoms with E-state index in [-0.39, 0.29) is 0 Å². The highest BCUT2D eigenvalue weighted by Crippen LogP contribution is 2.36. The van der Waals surface area contributed by atoms with Gasteiger partial charge in [-0.3, -0.25) is 0 Å². The lowest BCUT2D eigenvalue weighted by Gasteiger charge is -1.94. The summed E-state index contributed by atoms with van der Waals surface area (Å²) in [5, 5.41) is 3.60. The van der Waals surface area contributed by atoms with Gasteiger partial charge in [-0.15, -0.1) is 0 Å². The molecule has 3 rings (SSSR count). The highest BCUT2D eigenvalue weighted by Gasteiger charge is 2.11. The van der Waals surface area contributed by atoms with Crippen LogP contribution in [0, 0.1) is 0 Å². The van der Waals surface area contributed by atoms with Crippen LogP contribution in [0.2, 0.25) is 15.1 Å². The third kappa shape index (κ3) is 1.47. The quantitative estimate of drug-likeness (QED) is 0.523. The molecular formula is C12H5Cl3O. The van der Waals surface area contributed by atoms with Crippen LogP contribution in [0.4, 0.5) is 0 Å². The van der Waals surface area contributed by atoms with Gasteiger partial charge in [-0.2, -0.15) is 0 Å². The van der Waals surface area contributed by atoms with Crippen molar-refractivity contribution in [2.75, 3.05) is 0 Å². The fraction of sp³-hybridized carbons (Fsp3) is 0. The Labute approximate surface area is 106 Å². The molecule has 1 nitrogen and oxygen atoms in total. The maximum atomic E-state index is 6.15. The van der Waals surface area contributed by atoms with Crippen molar-refractivity contribution in [2.45, 2.75) is 0 Å². The fourth-order valence-electron chi connectivity index (χ4n) is 1.80. The molecule has 0 atom stereocenters. The van der Waals surface area contributed by atoms with E-state index < -0.39 is 0 Å². The van der Waals surface area contributed by atoms with Crippen molar-refractivity contribution in [1.29, 1.82) is 0 Å². The molecule has 0 amide bonds. The highest BCUT2D eigenvalue weighted by molar-refractivity contribution is 6.40. The normalized spacial score (nSPS) is 11.4. The molecule has 0 spiro atoms. The Morgan fingerprint density at radius 2 is 1.56 bits per heavy atom. The predicted octanol–water partition coefficient (Wildman–Crippen LogP) is 5.55. The largest absolute Gasteiger partial charge is 0.456 e. The number of halogens is 3. The summed E-state index contributed by atoms with van der Waals surface area (Å²) in [6.45, 7) is 0. The van der Waals surface area contributed by atoms with E-state index in [4.69, 9.17) is 39.2 Å². The summed E-state index contributed by atoms with van der Waals surface area (Å²) in [7, 11) is 0. The van der Waals surface area contributed by atoms with E-state index in [1.807, 2.05) is 12.1 Å². The summed E-state index contributed by atoms with van der Waals surface area (Å²) < 4.78 is 5.64. The van der Waals surface area contributed by atoms with Crippen LogP contribution in [-0.4, -0.2) is 0 Å². The molecule has 16 heavy (non-hydrogen) atoms. The molecule has 0 aliphatic heterocycles. The Balaban J connectivity index is 2.56. The van der Waals surface area contributed by atoms with E-state index in [2.05, 4.69) is 0 Å². The van der Waals surface area contributed by atoms with Gasteiger partial charge in [0.2, 0.25) is 0 Å². The van der Waals surface area contributed by atoms with Gasteiger partial charge < -0.3 is 4.42 Å². The Morgan fingerprint density at radius 3 is 2.38 bits per heavy atom. The fourth-order valence-corrected chi connectivity index (χ4v) is 2.54. The molecular weight excluding hydrogens is 266 g/mol. The smallest absolute Gasteiger partial charge is 0.138 e. The lowest BCUT2D eigenvalue weighted by Crippen LogP contribution is -1.70. The maximum absolute atomic E-state index is 6.15. The van der Waals surface area contributed by atoms with Crippen molar-refractivity contribution in [1.82, 2.24) is 0 Å². The number of hydrogen-bond acceptors (Lipinski definition) is 1. The SMILES string of the molecule is Clc1ccc2c(c1)oc1cc(Cl)cc(Cl)c12. The van der Waals surface area contributed by atoms with Crippen LogP contribution in [0.25, 0.3) is 21.9 Å². The molecule has 0 aliphatic carbocycles. The van der Waals surface area contributed by atoms with E-state index in [1.165, 1.54) is 0 Å². The molecule has 2 aromatic carbocycles. The van der Waals surface area contributed by atoms with Crippen molar-refractivity contribution < 1.29 is 4.42 Å². The van der Waals surface area contributed by atoms with E-state index in [9.17, 15) is 0 Å². The first-order valence-electron chi connectivity index (χ1n) is 4.62. The van der Waals surface area contributed by atoms with Crippen molar-refractivity contribution in [3.05, 3.63) is 45.4 Å². The molecule has 80 valence electrons. The number of benzene rings is 2. The summed E-state index contributed by atoms with van der Waals surface area (Å²) in [6.07, 6.45) is 0. The van der Waals surface area contributed by atoms with Crippen LogP contribution < -0.4 is 0 Å². The van der Waals surface area contributed by atoms with Gasteiger partial charge in [0.1, 0.15) is 11.2 Å². The Bertz CT molecular complexity index is 700. The minimum absolute atomic E-state index is 0.558. The summed E-state index contributed by atoms with van der Waals surface area (Å²) in [5.41, 5.74) is 1.39. The topological polar surface area (TPSA) is 13.1 Å². The molecule has 0 saturated heterocycles. The third-order valence-corrected chi connectivity index (χ3v) is 3.20. The predicted molar refractivity (Wildman–Crippen MR) is 68.8 cm³/mol. The molecule has 0 aliphatic rings. The first kappa shape index (κ1) is 10.3. The minimum atomic E-state index is 0.558. The zero-order chi connectivity index (χ0) is 11.3. The molecule has 0 unspecified atom stereocenters. The van der Waals surface area contributed by atoms with Gasteiger partial charge in [0, 0.05) is 33.0 Å². The summed E-state index contributed by atoms with van der Waals surface area (Å²) in [4.78, 5) is 0. The van der Waals surface area contributed by atoms with Gasteiger partial charge in [-0.25, -0.2) is 0 Å². The van der Waals surface area contributed by atoms with Crippen molar-refractivity contribution in [3.63, 3.8) is 0 Å². The second kappa shape index (κ2) is 3.56. The zero-order valence-corrected chi connectivity index (χ0v) is 10.2. The standard InChI is InChI=1S/C12H5Cl3O/c13-6-1-2-8-10(4-6)16-11-5-7(14)3-9(15)12(8)11/h1-5H. The molecule has 0 saturated carbocycles. The van der Waals surface area contributed by atoms with Crippen molar-refractivity contribution in [2.24, 2.45) is 0 Å². The second-order valence-electron chi connectivity index (χ2n) is 3.50. The van der Waals surface area contributed by atoms with Crippen LogP contribution in [0.1, 0.15) is 0 Å². The molecule has 0 bridgehead atoms. The van der Waals surface area contributed by atoms with Gasteiger partial charge in [-0.05, 0) is 18.2 Å². The highest BCUT2D eigenvalue weighted by atomic mass is 35.5. The first-order valence-corrected chi connectivity index (χ1v) is 5.75. The average molecular weight is 272 g/mol. The lowest BCUT2D eigenvalue weighted by atomic mass is 10.1. The van der Waals surface area contributed by atoms with Gasteiger partial charge in [-0.1, -0.05) is 34.8 Å². The first-order chi connectivity index (χ1) is 7.65. The van der Waals surface area contributed by atoms with Crippen LogP contribution in [0.5, 0.6) is 0 Å². The number of hydrogen-bond donors (Lipinski definition) is 0. The molecule has 3 aromatic rings. The molecule has 1 heterocycles. The number of rotatable bonds is 0. The zero-order valence-electron chi connectivity index (χ0n) is 7.93. The van der Waals surface area contributed by atoms with Crippen molar-refractivity contribution in [3.8, 4) is 0 Å². The minimum Gasteiger partial charge on any atom is -0.456 e. The number of furan rings is 1. The van der Waals surface area contributed by atoms with Crippen LogP contribution in [-0.2, 0) is 0 Å². The second-order valence-corrected chi connectivity index (χ2v) is 4.78. The monoisotopic (exact) mass is 270 g/mol. The van der Waals surface area contributed by atoms with Gasteiger partial charge in [0.05, 0.1) is 5.02 Å². The van der Waals surface area contributed by atoms with Crippen molar-refractivity contribution >= 4 is 56.7 Å². The van der Waals surface area contributed by atoms with Crippen LogP contribution in [0.15, 0.2) is 34.7 Å². The van der Waals surface area contributed by atoms with E-state index in [0.29, 0.717) is 26.2 Å². The summed E-state index contributed by atoms with van der Waals surface area (Å²) in [5.74, 6) is 0. The van der Waals surface area contributed by atoms with E-state index in [1.54, 1.807) is 18.2 Å². The van der Waals surface area contributed by atoms with Gasteiger partial charge in [0.15, 0.2) is 0 Å². The summed E-state index contributed by atoms with van der Waals surface area (Å²) >= 11 is 18.0. The van der Waals surface area contributed by atoms with Crippen LogP contribution in [0.3, 0.4) is 0 Å². The number of fused-ring (bicyclic) bond motifs is 3. The Morgan fingerprint density at radius 1 is 0.812 bits per heavy atom. The molecule has 0 N–H and O–H groups in total. The maximum Gasteiger partial charge on any atom is 0.138 e. The third-order valence-electron chi connectivity index (χ3n) is 2.45. The van der Waals surface area contributed by atoms with Gasteiger partial charge >= 0.3 is 0 Å². The summed E-state index contributed by atoms with van der Waals surface area (Å²) in [6, 6.07) is 8.92. The molecule has 4 heteroatoms. The van der Waals surface area contributed by atoms with Gasteiger partial charge in [0.25, 0.3) is 0 Å². The Kier molecular flexibility index (Phi) is 2.28. The average Bonchev–Trinajstić information content (AvgIpc) is 2.54. The molecule has 1 aromatic heterocycles. The van der Waals surface area contributed by atoms with E-state index >= 15 is 0 Å². The lowest BCUT2D eigenvalue weighted by molar-refractivity contribution is 0.669. The Hall–Kier alpha value is -0.890. The van der Waals surface area contributed by atoms with Crippen LogP contribution >= 0.6 is 34.8 Å². The molecule has 0 fully saturated rings. The van der Waals surface area contributed by atoms with E-state index in [0.717, 1.165) is 10.8 Å². The molecule has 0 radical (unpaired) electrons.